The van der Waals surface area contributed by atoms with Crippen molar-refractivity contribution in [3.63, 3.8) is 0 Å². The average Bonchev–Trinajstić information content (AvgIpc) is 3.31. The fourth-order valence-electron chi connectivity index (χ4n) is 4.24. The highest BCUT2D eigenvalue weighted by molar-refractivity contribution is 5.99. The Kier molecular flexibility index (Phi) is 6.80. The van der Waals surface area contributed by atoms with Crippen LogP contribution < -0.4 is 10.6 Å². The van der Waals surface area contributed by atoms with E-state index < -0.39 is 23.8 Å². The number of nitrogens with zero attached hydrogens (tertiary/aromatic N) is 4. The first-order valence-electron chi connectivity index (χ1n) is 11.1. The Morgan fingerprint density at radius 1 is 1.18 bits per heavy atom. The summed E-state index contributed by atoms with van der Waals surface area (Å²) >= 11 is 0. The van der Waals surface area contributed by atoms with Gasteiger partial charge in [0.2, 0.25) is 0 Å². The number of aliphatic carboxylic acids is 1. The number of carboxylic acids is 1. The molecule has 0 bridgehead atoms. The number of rotatable bonds is 7. The first kappa shape index (κ1) is 23.3. The summed E-state index contributed by atoms with van der Waals surface area (Å²) in [6, 6.07) is 4.72. The number of fused-ring (bicyclic) bond motifs is 1. The maximum absolute atomic E-state index is 13.5. The molecule has 4 rings (SSSR count). The summed E-state index contributed by atoms with van der Waals surface area (Å²) in [5.74, 6) is -2.82. The molecule has 1 fully saturated rings. The summed E-state index contributed by atoms with van der Waals surface area (Å²) in [5, 5.41) is 19.0. The zero-order chi connectivity index (χ0) is 24.2. The third-order valence-corrected chi connectivity index (χ3v) is 6.07. The summed E-state index contributed by atoms with van der Waals surface area (Å²) in [5.41, 5.74) is 1.03. The summed E-state index contributed by atoms with van der Waals surface area (Å²) in [7, 11) is 0. The minimum atomic E-state index is -1.10. The summed E-state index contributed by atoms with van der Waals surface area (Å²) in [4.78, 5) is 45.8. The van der Waals surface area contributed by atoms with Crippen molar-refractivity contribution in [2.24, 2.45) is 5.92 Å². The molecule has 2 amide bonds. The van der Waals surface area contributed by atoms with Crippen LogP contribution in [0.2, 0.25) is 0 Å². The molecule has 3 N–H and O–H groups in total. The normalized spacial score (nSPS) is 15.1. The largest absolute Gasteiger partial charge is 0.480 e. The lowest BCUT2D eigenvalue weighted by Crippen LogP contribution is -2.47. The summed E-state index contributed by atoms with van der Waals surface area (Å²) < 4.78 is 14.6. The molecule has 1 aliphatic carbocycles. The number of aryl methyl sites for hydroxylation is 1. The van der Waals surface area contributed by atoms with E-state index in [1.54, 1.807) is 19.1 Å². The van der Waals surface area contributed by atoms with E-state index in [4.69, 9.17) is 0 Å². The van der Waals surface area contributed by atoms with Crippen molar-refractivity contribution in [3.8, 4) is 0 Å². The van der Waals surface area contributed by atoms with Crippen LogP contribution in [0.4, 0.5) is 4.39 Å². The third kappa shape index (κ3) is 5.03. The SMILES string of the molecule is Cc1cc(CNC(=O)c2cc(C(=O)NC(C(=O)O)C3CCCCC3)n3ncnc3n2)ccc1F. The van der Waals surface area contributed by atoms with Crippen LogP contribution in [0.5, 0.6) is 0 Å². The molecule has 3 aromatic rings. The van der Waals surface area contributed by atoms with Gasteiger partial charge in [0.15, 0.2) is 0 Å². The number of hydrogen-bond acceptors (Lipinski definition) is 6. The number of nitrogens with one attached hydrogen (secondary N) is 2. The van der Waals surface area contributed by atoms with Gasteiger partial charge in [0.25, 0.3) is 17.6 Å². The van der Waals surface area contributed by atoms with Crippen molar-refractivity contribution in [2.45, 2.75) is 51.6 Å². The fourth-order valence-corrected chi connectivity index (χ4v) is 4.24. The van der Waals surface area contributed by atoms with Gasteiger partial charge < -0.3 is 15.7 Å². The maximum atomic E-state index is 13.5. The molecule has 1 aliphatic rings. The van der Waals surface area contributed by atoms with E-state index in [0.717, 1.165) is 36.6 Å². The standard InChI is InChI=1S/C23H25FN6O4/c1-13-9-14(7-8-16(13)24)11-25-20(31)17-10-18(30-23(28-17)26-12-27-30)21(32)29-19(22(33)34)15-5-3-2-4-6-15/h7-10,12,15,19H,2-6,11H2,1H3,(H,25,31)(H,29,32)(H,33,34). The first-order chi connectivity index (χ1) is 16.3. The monoisotopic (exact) mass is 468 g/mol. The molecule has 0 radical (unpaired) electrons. The Morgan fingerprint density at radius 3 is 2.65 bits per heavy atom. The Morgan fingerprint density at radius 2 is 1.94 bits per heavy atom. The Balaban J connectivity index is 1.55. The number of hydrogen-bond donors (Lipinski definition) is 3. The molecular formula is C23H25FN6O4. The molecule has 0 aliphatic heterocycles. The number of amides is 2. The second-order valence-corrected chi connectivity index (χ2v) is 8.45. The number of carbonyl (C=O) groups excluding carboxylic acids is 2. The summed E-state index contributed by atoms with van der Waals surface area (Å²) in [6.45, 7) is 1.76. The van der Waals surface area contributed by atoms with Crippen molar-refractivity contribution >= 4 is 23.6 Å². The minimum absolute atomic E-state index is 0.0277. The maximum Gasteiger partial charge on any atom is 0.326 e. The molecule has 34 heavy (non-hydrogen) atoms. The molecule has 1 saturated carbocycles. The van der Waals surface area contributed by atoms with E-state index >= 15 is 0 Å². The van der Waals surface area contributed by atoms with Crippen LogP contribution in [-0.2, 0) is 11.3 Å². The molecule has 178 valence electrons. The first-order valence-corrected chi connectivity index (χ1v) is 11.1. The van der Waals surface area contributed by atoms with Crippen molar-refractivity contribution in [2.75, 3.05) is 0 Å². The van der Waals surface area contributed by atoms with Gasteiger partial charge >= 0.3 is 5.97 Å². The molecule has 11 heteroatoms. The van der Waals surface area contributed by atoms with E-state index in [1.165, 1.54) is 18.5 Å². The van der Waals surface area contributed by atoms with E-state index in [1.807, 2.05) is 0 Å². The molecular weight excluding hydrogens is 443 g/mol. The smallest absolute Gasteiger partial charge is 0.326 e. The van der Waals surface area contributed by atoms with Gasteiger partial charge in [0.05, 0.1) is 0 Å². The zero-order valence-electron chi connectivity index (χ0n) is 18.6. The van der Waals surface area contributed by atoms with E-state index in [-0.39, 0.29) is 35.4 Å². The lowest BCUT2D eigenvalue weighted by molar-refractivity contribution is -0.141. The number of benzene rings is 1. The van der Waals surface area contributed by atoms with Crippen LogP contribution in [0.25, 0.3) is 5.78 Å². The third-order valence-electron chi connectivity index (χ3n) is 6.07. The highest BCUT2D eigenvalue weighted by Gasteiger charge is 2.32. The van der Waals surface area contributed by atoms with Crippen LogP contribution in [0.1, 0.15) is 64.2 Å². The van der Waals surface area contributed by atoms with Crippen molar-refractivity contribution in [1.29, 1.82) is 0 Å². The molecule has 0 spiro atoms. The van der Waals surface area contributed by atoms with Gasteiger partial charge in [0, 0.05) is 12.6 Å². The number of halogens is 1. The van der Waals surface area contributed by atoms with Gasteiger partial charge in [-0.1, -0.05) is 31.4 Å². The number of carboxylic acid groups (broad SMARTS) is 1. The van der Waals surface area contributed by atoms with E-state index in [0.29, 0.717) is 11.1 Å². The van der Waals surface area contributed by atoms with Gasteiger partial charge in [-0.25, -0.2) is 14.2 Å². The quantitative estimate of drug-likeness (QED) is 0.483. The molecule has 1 unspecified atom stereocenters. The lowest BCUT2D eigenvalue weighted by atomic mass is 9.84. The van der Waals surface area contributed by atoms with Crippen LogP contribution in [0.15, 0.2) is 30.6 Å². The zero-order valence-corrected chi connectivity index (χ0v) is 18.6. The molecule has 0 saturated heterocycles. The Labute approximate surface area is 194 Å². The summed E-state index contributed by atoms with van der Waals surface area (Å²) in [6.07, 6.45) is 5.54. The van der Waals surface area contributed by atoms with E-state index in [2.05, 4.69) is 25.7 Å². The lowest BCUT2D eigenvalue weighted by Gasteiger charge is -2.28. The highest BCUT2D eigenvalue weighted by atomic mass is 19.1. The van der Waals surface area contributed by atoms with E-state index in [9.17, 15) is 23.9 Å². The molecule has 2 heterocycles. The van der Waals surface area contributed by atoms with Crippen LogP contribution >= 0.6 is 0 Å². The molecule has 2 aromatic heterocycles. The number of aromatic nitrogens is 4. The van der Waals surface area contributed by atoms with Gasteiger partial charge in [-0.2, -0.15) is 14.6 Å². The second-order valence-electron chi connectivity index (χ2n) is 8.45. The van der Waals surface area contributed by atoms with Gasteiger partial charge in [-0.15, -0.1) is 0 Å². The average molecular weight is 468 g/mol. The number of carbonyl (C=O) groups is 3. The van der Waals surface area contributed by atoms with Crippen LogP contribution in [0, 0.1) is 18.7 Å². The fraction of sp³-hybridized carbons (Fsp3) is 0.391. The van der Waals surface area contributed by atoms with Gasteiger partial charge in [-0.05, 0) is 42.9 Å². The van der Waals surface area contributed by atoms with Crippen LogP contribution in [0.3, 0.4) is 0 Å². The molecule has 1 aromatic carbocycles. The highest BCUT2D eigenvalue weighted by Crippen LogP contribution is 2.27. The van der Waals surface area contributed by atoms with Crippen molar-refractivity contribution < 1.29 is 23.9 Å². The van der Waals surface area contributed by atoms with Gasteiger partial charge in [0.1, 0.15) is 29.6 Å². The Hall–Kier alpha value is -3.89. The van der Waals surface area contributed by atoms with Crippen molar-refractivity contribution in [1.82, 2.24) is 30.2 Å². The second kappa shape index (κ2) is 9.94. The van der Waals surface area contributed by atoms with Crippen LogP contribution in [-0.4, -0.2) is 48.5 Å². The predicted molar refractivity (Wildman–Crippen MR) is 119 cm³/mol. The molecule has 1 atom stereocenters. The Bertz CT molecular complexity index is 1240. The molecule has 10 nitrogen and oxygen atoms in total. The minimum Gasteiger partial charge on any atom is -0.480 e. The van der Waals surface area contributed by atoms with Crippen molar-refractivity contribution in [3.05, 3.63) is 58.9 Å². The predicted octanol–water partition coefficient (Wildman–Crippen LogP) is 2.27. The topological polar surface area (TPSA) is 139 Å². The van der Waals surface area contributed by atoms with Gasteiger partial charge in [-0.3, -0.25) is 9.59 Å².